The third-order valence-electron chi connectivity index (χ3n) is 4.85. The van der Waals surface area contributed by atoms with Crippen LogP contribution in [0.5, 0.6) is 11.5 Å². The maximum absolute atomic E-state index is 12.4. The lowest BCUT2D eigenvalue weighted by molar-refractivity contribution is -0.120. The topological polar surface area (TPSA) is 107 Å². The molecule has 0 aliphatic carbocycles. The molecule has 3 aromatic rings. The first-order chi connectivity index (χ1) is 15.9. The molecule has 0 spiro atoms. The summed E-state index contributed by atoms with van der Waals surface area (Å²) in [6, 6.07) is 12.9. The van der Waals surface area contributed by atoms with E-state index in [2.05, 4.69) is 20.8 Å². The second kappa shape index (κ2) is 11.4. The van der Waals surface area contributed by atoms with Crippen molar-refractivity contribution in [3.63, 3.8) is 0 Å². The third kappa shape index (κ3) is 6.72. The first-order valence-electron chi connectivity index (χ1n) is 10.2. The van der Waals surface area contributed by atoms with E-state index in [0.29, 0.717) is 22.4 Å². The molecule has 2 amide bonds. The smallest absolute Gasteiger partial charge is 0.234 e. The minimum absolute atomic E-state index is 0.121. The SMILES string of the molecule is COc1ccc(CC(=O)NCc2nnc(SCC(=O)Nc3cc(C)ccc3OC)n2C)cc1. The summed E-state index contributed by atoms with van der Waals surface area (Å²) in [6.45, 7) is 2.19. The number of ether oxygens (including phenoxy) is 2. The predicted octanol–water partition coefficient (Wildman–Crippen LogP) is 2.73. The van der Waals surface area contributed by atoms with Gasteiger partial charge in [0.25, 0.3) is 0 Å². The number of nitrogens with one attached hydrogen (secondary N) is 2. The Morgan fingerprint density at radius 1 is 1.03 bits per heavy atom. The maximum atomic E-state index is 12.4. The molecular weight excluding hydrogens is 442 g/mol. The van der Waals surface area contributed by atoms with E-state index in [4.69, 9.17) is 9.47 Å². The molecule has 10 heteroatoms. The van der Waals surface area contributed by atoms with Crippen LogP contribution in [0, 0.1) is 6.92 Å². The van der Waals surface area contributed by atoms with Crippen LogP contribution in [0.15, 0.2) is 47.6 Å². The average molecular weight is 470 g/mol. The number of carbonyl (C=O) groups is 2. The van der Waals surface area contributed by atoms with E-state index in [1.54, 1.807) is 25.8 Å². The number of thioether (sulfide) groups is 1. The molecule has 1 aromatic heterocycles. The molecule has 3 rings (SSSR count). The molecule has 1 heterocycles. The Bertz CT molecular complexity index is 1110. The second-order valence-corrected chi connectivity index (χ2v) is 8.24. The molecule has 0 saturated heterocycles. The highest BCUT2D eigenvalue weighted by molar-refractivity contribution is 7.99. The van der Waals surface area contributed by atoms with E-state index in [-0.39, 0.29) is 30.5 Å². The number of amides is 2. The van der Waals surface area contributed by atoms with E-state index in [1.807, 2.05) is 49.4 Å². The van der Waals surface area contributed by atoms with E-state index >= 15 is 0 Å². The zero-order valence-electron chi connectivity index (χ0n) is 19.0. The van der Waals surface area contributed by atoms with Gasteiger partial charge in [0.05, 0.1) is 38.6 Å². The number of hydrogen-bond acceptors (Lipinski definition) is 7. The van der Waals surface area contributed by atoms with Crippen LogP contribution in [-0.2, 0) is 29.6 Å². The van der Waals surface area contributed by atoms with Gasteiger partial charge in [0.1, 0.15) is 11.5 Å². The number of anilines is 1. The van der Waals surface area contributed by atoms with Crippen LogP contribution in [-0.4, -0.2) is 46.6 Å². The predicted molar refractivity (Wildman–Crippen MR) is 127 cm³/mol. The van der Waals surface area contributed by atoms with Crippen LogP contribution in [0.1, 0.15) is 17.0 Å². The molecular formula is C23H27N5O4S. The number of hydrogen-bond donors (Lipinski definition) is 2. The zero-order valence-corrected chi connectivity index (χ0v) is 19.9. The van der Waals surface area contributed by atoms with Gasteiger partial charge in [0.15, 0.2) is 11.0 Å². The van der Waals surface area contributed by atoms with Gasteiger partial charge >= 0.3 is 0 Å². The number of aromatic nitrogens is 3. The van der Waals surface area contributed by atoms with Crippen molar-refractivity contribution in [2.75, 3.05) is 25.3 Å². The van der Waals surface area contributed by atoms with Gasteiger partial charge in [-0.25, -0.2) is 0 Å². The number of benzene rings is 2. The molecule has 0 saturated carbocycles. The Hall–Kier alpha value is -3.53. The van der Waals surface area contributed by atoms with Gasteiger partial charge in [0.2, 0.25) is 11.8 Å². The van der Waals surface area contributed by atoms with Crippen molar-refractivity contribution >= 4 is 29.3 Å². The van der Waals surface area contributed by atoms with Gasteiger partial charge in [-0.2, -0.15) is 0 Å². The van der Waals surface area contributed by atoms with Crippen LogP contribution in [0.4, 0.5) is 5.69 Å². The number of methoxy groups -OCH3 is 2. The van der Waals surface area contributed by atoms with E-state index in [9.17, 15) is 9.59 Å². The molecule has 0 atom stereocenters. The maximum Gasteiger partial charge on any atom is 0.234 e. The lowest BCUT2D eigenvalue weighted by Crippen LogP contribution is -2.26. The minimum Gasteiger partial charge on any atom is -0.497 e. The number of rotatable bonds is 10. The summed E-state index contributed by atoms with van der Waals surface area (Å²) in [5.41, 5.74) is 2.53. The minimum atomic E-state index is -0.179. The fourth-order valence-electron chi connectivity index (χ4n) is 3.03. The molecule has 2 N–H and O–H groups in total. The summed E-state index contributed by atoms with van der Waals surface area (Å²) in [6.07, 6.45) is 0.256. The highest BCUT2D eigenvalue weighted by atomic mass is 32.2. The quantitative estimate of drug-likeness (QED) is 0.440. The van der Waals surface area contributed by atoms with Crippen molar-refractivity contribution in [1.82, 2.24) is 20.1 Å². The van der Waals surface area contributed by atoms with E-state index in [1.165, 1.54) is 11.8 Å². The Balaban J connectivity index is 1.49. The van der Waals surface area contributed by atoms with Crippen molar-refractivity contribution in [3.8, 4) is 11.5 Å². The highest BCUT2D eigenvalue weighted by Crippen LogP contribution is 2.25. The number of nitrogens with zero attached hydrogens (tertiary/aromatic N) is 3. The summed E-state index contributed by atoms with van der Waals surface area (Å²) in [5.74, 6) is 1.80. The largest absolute Gasteiger partial charge is 0.497 e. The number of carbonyl (C=O) groups excluding carboxylic acids is 2. The molecule has 2 aromatic carbocycles. The molecule has 0 bridgehead atoms. The molecule has 9 nitrogen and oxygen atoms in total. The first kappa shape index (κ1) is 24.1. The van der Waals surface area contributed by atoms with Crippen molar-refractivity contribution in [1.29, 1.82) is 0 Å². The van der Waals surface area contributed by atoms with Crippen LogP contribution in [0.2, 0.25) is 0 Å². The monoisotopic (exact) mass is 469 g/mol. The van der Waals surface area contributed by atoms with Gasteiger partial charge < -0.3 is 24.7 Å². The summed E-state index contributed by atoms with van der Waals surface area (Å²) in [5, 5.41) is 14.6. The number of aryl methyl sites for hydroxylation is 1. The van der Waals surface area contributed by atoms with Crippen LogP contribution < -0.4 is 20.1 Å². The van der Waals surface area contributed by atoms with Crippen molar-refractivity contribution in [2.24, 2.45) is 7.05 Å². The third-order valence-corrected chi connectivity index (χ3v) is 5.87. The lowest BCUT2D eigenvalue weighted by Gasteiger charge is -2.11. The average Bonchev–Trinajstić information content (AvgIpc) is 3.16. The molecule has 0 unspecified atom stereocenters. The molecule has 0 fully saturated rings. The van der Waals surface area contributed by atoms with Crippen LogP contribution in [0.3, 0.4) is 0 Å². The summed E-state index contributed by atoms with van der Waals surface area (Å²) >= 11 is 1.27. The Labute approximate surface area is 196 Å². The van der Waals surface area contributed by atoms with Gasteiger partial charge in [-0.05, 0) is 42.3 Å². The Morgan fingerprint density at radius 2 is 1.79 bits per heavy atom. The van der Waals surface area contributed by atoms with Crippen molar-refractivity contribution in [3.05, 3.63) is 59.4 Å². The van der Waals surface area contributed by atoms with Gasteiger partial charge in [-0.15, -0.1) is 10.2 Å². The van der Waals surface area contributed by atoms with Crippen molar-refractivity contribution < 1.29 is 19.1 Å². The fourth-order valence-corrected chi connectivity index (χ4v) is 3.76. The Kier molecular flexibility index (Phi) is 8.31. The highest BCUT2D eigenvalue weighted by Gasteiger charge is 2.14. The lowest BCUT2D eigenvalue weighted by atomic mass is 10.1. The van der Waals surface area contributed by atoms with Gasteiger partial charge in [-0.3, -0.25) is 9.59 Å². The molecule has 0 radical (unpaired) electrons. The van der Waals surface area contributed by atoms with Gasteiger partial charge in [0, 0.05) is 7.05 Å². The van der Waals surface area contributed by atoms with E-state index in [0.717, 1.165) is 16.9 Å². The van der Waals surface area contributed by atoms with Crippen molar-refractivity contribution in [2.45, 2.75) is 25.0 Å². The van der Waals surface area contributed by atoms with Crippen LogP contribution >= 0.6 is 11.8 Å². The standard InChI is InChI=1S/C23H27N5O4S/c1-15-5-10-19(32-4)18(11-15)25-22(30)14-33-23-27-26-20(28(23)2)13-24-21(29)12-16-6-8-17(31-3)9-7-16/h5-11H,12-14H2,1-4H3,(H,24,29)(H,25,30). The second-order valence-electron chi connectivity index (χ2n) is 7.30. The molecule has 0 aliphatic heterocycles. The normalized spacial score (nSPS) is 10.5. The fraction of sp³-hybridized carbons (Fsp3) is 0.304. The summed E-state index contributed by atoms with van der Waals surface area (Å²) in [7, 11) is 4.96. The Morgan fingerprint density at radius 3 is 2.48 bits per heavy atom. The molecule has 0 aliphatic rings. The van der Waals surface area contributed by atoms with Crippen LogP contribution in [0.25, 0.3) is 0 Å². The molecule has 33 heavy (non-hydrogen) atoms. The summed E-state index contributed by atoms with van der Waals surface area (Å²) < 4.78 is 12.2. The molecule has 174 valence electrons. The first-order valence-corrected chi connectivity index (χ1v) is 11.2. The van der Waals surface area contributed by atoms with E-state index < -0.39 is 0 Å². The zero-order chi connectivity index (χ0) is 23.8. The van der Waals surface area contributed by atoms with Gasteiger partial charge in [-0.1, -0.05) is 30.0 Å². The summed E-state index contributed by atoms with van der Waals surface area (Å²) in [4.78, 5) is 24.7.